The van der Waals surface area contributed by atoms with E-state index < -0.39 is 6.10 Å². The lowest BCUT2D eigenvalue weighted by atomic mass is 10.2. The summed E-state index contributed by atoms with van der Waals surface area (Å²) in [5.41, 5.74) is 1.32. The van der Waals surface area contributed by atoms with Crippen molar-refractivity contribution in [3.05, 3.63) is 42.0 Å². The van der Waals surface area contributed by atoms with Gasteiger partial charge in [0.05, 0.1) is 18.4 Å². The molecular formula is C15H19FN2O3. The lowest BCUT2D eigenvalue weighted by Crippen LogP contribution is -2.31. The fourth-order valence-corrected chi connectivity index (χ4v) is 2.08. The second kappa shape index (κ2) is 7.31. The zero-order chi connectivity index (χ0) is 15.2. The molecule has 114 valence electrons. The number of aromatic nitrogens is 1. The molecule has 0 aliphatic carbocycles. The highest BCUT2D eigenvalue weighted by Crippen LogP contribution is 2.19. The van der Waals surface area contributed by atoms with E-state index in [4.69, 9.17) is 9.15 Å². The molecule has 21 heavy (non-hydrogen) atoms. The summed E-state index contributed by atoms with van der Waals surface area (Å²) in [5.74, 6) is 0.0578. The molecule has 6 heteroatoms. The van der Waals surface area contributed by atoms with Gasteiger partial charge in [0.25, 0.3) is 0 Å². The predicted octanol–water partition coefficient (Wildman–Crippen LogP) is 1.92. The van der Waals surface area contributed by atoms with Crippen molar-refractivity contribution in [2.45, 2.75) is 12.6 Å². The van der Waals surface area contributed by atoms with E-state index in [1.54, 1.807) is 25.5 Å². The minimum absolute atomic E-state index is 0.289. The first-order valence-corrected chi connectivity index (χ1v) is 6.64. The predicted molar refractivity (Wildman–Crippen MR) is 76.1 cm³/mol. The van der Waals surface area contributed by atoms with Crippen molar-refractivity contribution >= 4 is 0 Å². The highest BCUT2D eigenvalue weighted by molar-refractivity contribution is 5.52. The van der Waals surface area contributed by atoms with Crippen LogP contribution in [0.4, 0.5) is 4.39 Å². The summed E-state index contributed by atoms with van der Waals surface area (Å²) in [6.07, 6.45) is 0.994. The van der Waals surface area contributed by atoms with Gasteiger partial charge in [0, 0.05) is 25.8 Å². The lowest BCUT2D eigenvalue weighted by Gasteiger charge is -2.18. The Morgan fingerprint density at radius 2 is 2.29 bits per heavy atom. The van der Waals surface area contributed by atoms with Crippen LogP contribution in [0.15, 0.2) is 34.9 Å². The van der Waals surface area contributed by atoms with Crippen LogP contribution in [0.5, 0.6) is 0 Å². The molecule has 0 aliphatic rings. The Bertz CT molecular complexity index is 574. The number of aliphatic hydroxyl groups is 1. The van der Waals surface area contributed by atoms with Crippen LogP contribution in [0.3, 0.4) is 0 Å². The summed E-state index contributed by atoms with van der Waals surface area (Å²) in [6.45, 7) is 1.29. The number of halogens is 1. The molecule has 0 bridgehead atoms. The van der Waals surface area contributed by atoms with Crippen molar-refractivity contribution in [1.29, 1.82) is 0 Å². The topological polar surface area (TPSA) is 58.7 Å². The summed E-state index contributed by atoms with van der Waals surface area (Å²) in [7, 11) is 3.42. The van der Waals surface area contributed by atoms with Crippen molar-refractivity contribution in [2.75, 3.05) is 27.3 Å². The Hall–Kier alpha value is -1.76. The van der Waals surface area contributed by atoms with E-state index >= 15 is 0 Å². The van der Waals surface area contributed by atoms with E-state index in [1.807, 2.05) is 11.9 Å². The number of methoxy groups -OCH3 is 1. The Morgan fingerprint density at radius 3 is 3.00 bits per heavy atom. The molecule has 1 atom stereocenters. The number of oxazole rings is 1. The van der Waals surface area contributed by atoms with Crippen LogP contribution in [-0.2, 0) is 11.3 Å². The first kappa shape index (κ1) is 15.6. The number of rotatable bonds is 7. The molecule has 1 N–H and O–H groups in total. The van der Waals surface area contributed by atoms with Crippen molar-refractivity contribution in [1.82, 2.24) is 9.88 Å². The smallest absolute Gasteiger partial charge is 0.226 e. The Morgan fingerprint density at radius 1 is 1.48 bits per heavy atom. The van der Waals surface area contributed by atoms with Gasteiger partial charge in [0.2, 0.25) is 5.89 Å². The Labute approximate surface area is 123 Å². The number of ether oxygens (including phenoxy) is 1. The molecule has 0 aliphatic heterocycles. The Balaban J connectivity index is 1.97. The molecule has 1 heterocycles. The SMILES string of the molecule is COCC(O)CN(C)Cc1coc(-c2cccc(F)c2)n1. The minimum Gasteiger partial charge on any atom is -0.444 e. The summed E-state index contributed by atoms with van der Waals surface area (Å²) in [6, 6.07) is 6.10. The molecule has 1 unspecified atom stereocenters. The van der Waals surface area contributed by atoms with E-state index in [9.17, 15) is 9.50 Å². The molecule has 0 fully saturated rings. The number of benzene rings is 1. The van der Waals surface area contributed by atoms with E-state index in [0.717, 1.165) is 5.69 Å². The van der Waals surface area contributed by atoms with Gasteiger partial charge in [-0.3, -0.25) is 4.90 Å². The molecular weight excluding hydrogens is 275 g/mol. The average molecular weight is 294 g/mol. The third-order valence-electron chi connectivity index (χ3n) is 2.94. The van der Waals surface area contributed by atoms with Gasteiger partial charge in [-0.1, -0.05) is 6.07 Å². The maximum atomic E-state index is 13.2. The standard InChI is InChI=1S/C15H19FN2O3/c1-18(8-14(19)10-20-2)7-13-9-21-15(17-13)11-4-3-5-12(16)6-11/h3-6,9,14,19H,7-8,10H2,1-2H3. The first-order valence-electron chi connectivity index (χ1n) is 6.64. The van der Waals surface area contributed by atoms with Gasteiger partial charge in [0.1, 0.15) is 12.1 Å². The third-order valence-corrected chi connectivity index (χ3v) is 2.94. The fraction of sp³-hybridized carbons (Fsp3) is 0.400. The van der Waals surface area contributed by atoms with Gasteiger partial charge in [0.15, 0.2) is 0 Å². The maximum absolute atomic E-state index is 13.2. The van der Waals surface area contributed by atoms with Crippen molar-refractivity contribution in [3.63, 3.8) is 0 Å². The zero-order valence-electron chi connectivity index (χ0n) is 12.1. The molecule has 1 aromatic carbocycles. The number of hydrogen-bond donors (Lipinski definition) is 1. The number of likely N-dealkylation sites (N-methyl/N-ethyl adjacent to an activating group) is 1. The number of aliphatic hydroxyl groups excluding tert-OH is 1. The van der Waals surface area contributed by atoms with Crippen LogP contribution in [0, 0.1) is 5.82 Å². The quantitative estimate of drug-likeness (QED) is 0.845. The second-order valence-corrected chi connectivity index (χ2v) is 4.96. The van der Waals surface area contributed by atoms with Gasteiger partial charge in [-0.05, 0) is 25.2 Å². The van der Waals surface area contributed by atoms with E-state index in [1.165, 1.54) is 12.1 Å². The Kier molecular flexibility index (Phi) is 5.44. The monoisotopic (exact) mass is 294 g/mol. The summed E-state index contributed by atoms with van der Waals surface area (Å²) in [4.78, 5) is 6.24. The fourth-order valence-electron chi connectivity index (χ4n) is 2.08. The first-order chi connectivity index (χ1) is 10.1. The number of hydrogen-bond acceptors (Lipinski definition) is 5. The molecule has 1 aromatic heterocycles. The van der Waals surface area contributed by atoms with Gasteiger partial charge in [-0.15, -0.1) is 0 Å². The highest BCUT2D eigenvalue weighted by atomic mass is 19.1. The van der Waals surface area contributed by atoms with Crippen LogP contribution in [-0.4, -0.2) is 48.4 Å². The molecule has 0 radical (unpaired) electrons. The molecule has 0 spiro atoms. The van der Waals surface area contributed by atoms with Crippen LogP contribution in [0.25, 0.3) is 11.5 Å². The zero-order valence-corrected chi connectivity index (χ0v) is 12.1. The van der Waals surface area contributed by atoms with Gasteiger partial charge < -0.3 is 14.3 Å². The van der Waals surface area contributed by atoms with E-state index in [-0.39, 0.29) is 12.4 Å². The molecule has 0 saturated heterocycles. The van der Waals surface area contributed by atoms with Crippen molar-refractivity contribution < 1.29 is 18.7 Å². The summed E-state index contributed by atoms with van der Waals surface area (Å²) < 4.78 is 23.4. The molecule has 2 rings (SSSR count). The second-order valence-electron chi connectivity index (χ2n) is 4.96. The molecule has 2 aromatic rings. The molecule has 0 saturated carbocycles. The largest absolute Gasteiger partial charge is 0.444 e. The average Bonchev–Trinajstić information content (AvgIpc) is 2.87. The van der Waals surface area contributed by atoms with Gasteiger partial charge >= 0.3 is 0 Å². The summed E-state index contributed by atoms with van der Waals surface area (Å²) in [5, 5.41) is 9.66. The third kappa shape index (κ3) is 4.63. The minimum atomic E-state index is -0.547. The van der Waals surface area contributed by atoms with Crippen LogP contribution < -0.4 is 0 Å². The van der Waals surface area contributed by atoms with Crippen molar-refractivity contribution in [3.8, 4) is 11.5 Å². The van der Waals surface area contributed by atoms with Gasteiger partial charge in [-0.2, -0.15) is 0 Å². The lowest BCUT2D eigenvalue weighted by molar-refractivity contribution is 0.0416. The highest BCUT2D eigenvalue weighted by Gasteiger charge is 2.12. The van der Waals surface area contributed by atoms with Crippen LogP contribution >= 0.6 is 0 Å². The maximum Gasteiger partial charge on any atom is 0.226 e. The van der Waals surface area contributed by atoms with Gasteiger partial charge in [-0.25, -0.2) is 9.37 Å². The summed E-state index contributed by atoms with van der Waals surface area (Å²) >= 11 is 0. The molecule has 0 amide bonds. The number of nitrogens with zero attached hydrogens (tertiary/aromatic N) is 2. The van der Waals surface area contributed by atoms with Crippen LogP contribution in [0.2, 0.25) is 0 Å². The van der Waals surface area contributed by atoms with E-state index in [2.05, 4.69) is 4.98 Å². The normalized spacial score (nSPS) is 12.8. The van der Waals surface area contributed by atoms with Crippen LogP contribution in [0.1, 0.15) is 5.69 Å². The van der Waals surface area contributed by atoms with E-state index in [0.29, 0.717) is 24.5 Å². The molecule has 5 nitrogen and oxygen atoms in total. The van der Waals surface area contributed by atoms with Crippen molar-refractivity contribution in [2.24, 2.45) is 0 Å².